The molecule has 1 aliphatic rings. The summed E-state index contributed by atoms with van der Waals surface area (Å²) >= 11 is 21.3. The molecule has 0 saturated heterocycles. The number of thiophene rings is 2. The average Bonchev–Trinajstić information content (AvgIpc) is 3.62. The monoisotopic (exact) mass is 672 g/mol. The number of hydrogen-bond donors (Lipinski definition) is 0. The van der Waals surface area contributed by atoms with Gasteiger partial charge in [0.05, 0.1) is 21.6 Å². The van der Waals surface area contributed by atoms with Gasteiger partial charge in [-0.25, -0.2) is 14.6 Å². The number of carbonyl (C=O) groups is 2. The minimum atomic E-state index is -0.754. The van der Waals surface area contributed by atoms with Crippen molar-refractivity contribution in [3.63, 3.8) is 0 Å². The van der Waals surface area contributed by atoms with Crippen LogP contribution < -0.4 is 9.47 Å². The molecule has 43 heavy (non-hydrogen) atoms. The first-order valence-corrected chi connectivity index (χ1v) is 15.2. The highest BCUT2D eigenvalue weighted by molar-refractivity contribution is 7.22. The van der Waals surface area contributed by atoms with Crippen LogP contribution in [0.15, 0.2) is 65.3 Å². The summed E-state index contributed by atoms with van der Waals surface area (Å²) in [6.07, 6.45) is 1.51. The molecule has 0 fully saturated rings. The largest absolute Gasteiger partial charge is 0.490 e. The Bertz CT molecular complexity index is 2070. The van der Waals surface area contributed by atoms with Crippen molar-refractivity contribution >= 4 is 107 Å². The van der Waals surface area contributed by atoms with Crippen molar-refractivity contribution in [1.29, 1.82) is 0 Å². The van der Waals surface area contributed by atoms with Crippen molar-refractivity contribution < 1.29 is 28.7 Å². The second-order valence-corrected chi connectivity index (χ2v) is 12.2. The third-order valence-electron chi connectivity index (χ3n) is 6.19. The lowest BCUT2D eigenvalue weighted by molar-refractivity contribution is -0.384. The van der Waals surface area contributed by atoms with Crippen LogP contribution in [0.4, 0.5) is 5.69 Å². The minimum Gasteiger partial charge on any atom is -0.490 e. The van der Waals surface area contributed by atoms with Crippen molar-refractivity contribution in [3.05, 3.63) is 101 Å². The first-order chi connectivity index (χ1) is 20.6. The second-order valence-electron chi connectivity index (χ2n) is 8.93. The summed E-state index contributed by atoms with van der Waals surface area (Å²) < 4.78 is 18.0. The summed E-state index contributed by atoms with van der Waals surface area (Å²) in [6.45, 7) is 2.02. The van der Waals surface area contributed by atoms with E-state index in [1.54, 1.807) is 37.3 Å². The molecule has 2 aromatic heterocycles. The number of hydrogen-bond acceptors (Lipinski definition) is 10. The maximum Gasteiger partial charge on any atom is 0.363 e. The Kier molecular flexibility index (Phi) is 7.84. The molecule has 0 bridgehead atoms. The SMILES string of the molecule is CCOc1cc(/C=C2/N=C(c3sc4cc(Cl)ccc4c3Cl)OC2=O)ccc1OC(=O)c1sc2cc([N+](=O)[O-])ccc2c1Cl. The normalized spacial score (nSPS) is 13.9. The molecule has 1 aliphatic heterocycles. The van der Waals surface area contributed by atoms with Gasteiger partial charge < -0.3 is 14.2 Å². The summed E-state index contributed by atoms with van der Waals surface area (Å²) in [5, 5.41) is 13.5. The van der Waals surface area contributed by atoms with Gasteiger partial charge in [0.25, 0.3) is 5.69 Å². The van der Waals surface area contributed by atoms with E-state index in [1.807, 2.05) is 0 Å². The van der Waals surface area contributed by atoms with E-state index in [0.29, 0.717) is 30.6 Å². The summed E-state index contributed by atoms with van der Waals surface area (Å²) in [6, 6.07) is 14.2. The molecule has 0 saturated carbocycles. The van der Waals surface area contributed by atoms with Crippen LogP contribution in [-0.2, 0) is 9.53 Å². The van der Waals surface area contributed by atoms with E-state index in [9.17, 15) is 19.7 Å². The summed E-state index contributed by atoms with van der Waals surface area (Å²) in [5.41, 5.74) is 0.453. The molecule has 0 aliphatic carbocycles. The van der Waals surface area contributed by atoms with E-state index in [2.05, 4.69) is 4.99 Å². The van der Waals surface area contributed by atoms with Gasteiger partial charge in [0.1, 0.15) is 9.75 Å². The van der Waals surface area contributed by atoms with E-state index >= 15 is 0 Å². The molecular weight excluding hydrogens is 659 g/mol. The first kappa shape index (κ1) is 29.1. The molecule has 0 atom stereocenters. The zero-order valence-corrected chi connectivity index (χ0v) is 25.6. The smallest absolute Gasteiger partial charge is 0.363 e. The zero-order valence-electron chi connectivity index (χ0n) is 21.7. The van der Waals surface area contributed by atoms with Crippen molar-refractivity contribution in [3.8, 4) is 11.5 Å². The van der Waals surface area contributed by atoms with Gasteiger partial charge in [-0.05, 0) is 48.9 Å². The van der Waals surface area contributed by atoms with Crippen LogP contribution in [0.3, 0.4) is 0 Å². The van der Waals surface area contributed by atoms with Gasteiger partial charge in [0.2, 0.25) is 5.90 Å². The predicted octanol–water partition coefficient (Wildman–Crippen LogP) is 8.95. The van der Waals surface area contributed by atoms with Gasteiger partial charge >= 0.3 is 11.9 Å². The Morgan fingerprint density at radius 3 is 2.51 bits per heavy atom. The van der Waals surface area contributed by atoms with Crippen molar-refractivity contribution in [2.45, 2.75) is 6.92 Å². The fourth-order valence-corrected chi connectivity index (χ4v) is 7.38. The summed E-state index contributed by atoms with van der Waals surface area (Å²) in [7, 11) is 0. The van der Waals surface area contributed by atoms with Gasteiger partial charge in [0.15, 0.2) is 17.2 Å². The zero-order chi connectivity index (χ0) is 30.4. The summed E-state index contributed by atoms with van der Waals surface area (Å²) in [5.74, 6) is -0.981. The Morgan fingerprint density at radius 2 is 1.74 bits per heavy atom. The number of fused-ring (bicyclic) bond motifs is 2. The molecule has 3 heterocycles. The fourth-order valence-electron chi connectivity index (χ4n) is 4.25. The Morgan fingerprint density at radius 1 is 1.00 bits per heavy atom. The lowest BCUT2D eigenvalue weighted by Crippen LogP contribution is -2.08. The van der Waals surface area contributed by atoms with Crippen molar-refractivity contribution in [1.82, 2.24) is 0 Å². The van der Waals surface area contributed by atoms with Crippen LogP contribution in [0, 0.1) is 10.1 Å². The number of cyclic esters (lactones) is 1. The molecule has 5 aromatic rings. The highest BCUT2D eigenvalue weighted by Gasteiger charge is 2.28. The van der Waals surface area contributed by atoms with E-state index in [0.717, 1.165) is 21.4 Å². The highest BCUT2D eigenvalue weighted by atomic mass is 35.5. The average molecular weight is 674 g/mol. The standard InChI is InChI=1S/C29H15Cl3N2O7S2/c1-2-39-20-10-13(9-18-28(35)41-27(33-18)25-23(31)16-6-4-14(30)11-21(16)42-25)3-8-19(20)40-29(36)26-24(32)17-7-5-15(34(37)38)12-22(17)43-26/h3-12H,2H2,1H3/b18-9+. The number of nitro groups is 1. The molecule has 0 amide bonds. The Labute approximate surface area is 265 Å². The number of carbonyl (C=O) groups excluding carboxylic acids is 2. The van der Waals surface area contributed by atoms with E-state index < -0.39 is 16.9 Å². The fraction of sp³-hybridized carbons (Fsp3) is 0.0690. The number of rotatable bonds is 7. The third kappa shape index (κ3) is 5.57. The van der Waals surface area contributed by atoms with Gasteiger partial charge in [-0.2, -0.15) is 0 Å². The lowest BCUT2D eigenvalue weighted by Gasteiger charge is -2.11. The molecule has 3 aromatic carbocycles. The molecule has 6 rings (SSSR count). The van der Waals surface area contributed by atoms with Crippen LogP contribution in [0.5, 0.6) is 11.5 Å². The Hall–Kier alpha value is -4.00. The second kappa shape index (κ2) is 11.6. The quantitative estimate of drug-likeness (QED) is 0.0556. The summed E-state index contributed by atoms with van der Waals surface area (Å²) in [4.78, 5) is 41.3. The van der Waals surface area contributed by atoms with Crippen molar-refractivity contribution in [2.75, 3.05) is 6.61 Å². The predicted molar refractivity (Wildman–Crippen MR) is 169 cm³/mol. The van der Waals surface area contributed by atoms with Gasteiger partial charge in [-0.3, -0.25) is 10.1 Å². The van der Waals surface area contributed by atoms with Gasteiger partial charge in [0, 0.05) is 37.3 Å². The maximum atomic E-state index is 13.1. The minimum absolute atomic E-state index is 0.0416. The van der Waals surface area contributed by atoms with E-state index in [1.165, 1.54) is 41.7 Å². The topological polar surface area (TPSA) is 117 Å². The number of ether oxygens (including phenoxy) is 3. The molecular formula is C29H15Cl3N2O7S2. The van der Waals surface area contributed by atoms with Gasteiger partial charge in [-0.15, -0.1) is 22.7 Å². The van der Waals surface area contributed by atoms with Crippen LogP contribution in [0.25, 0.3) is 26.2 Å². The number of aliphatic imine (C=N–C) groups is 1. The number of benzene rings is 3. The van der Waals surface area contributed by atoms with Gasteiger partial charge in [-0.1, -0.05) is 46.9 Å². The molecule has 9 nitrogen and oxygen atoms in total. The number of nitrogens with zero attached hydrogens (tertiary/aromatic N) is 2. The number of non-ortho nitro benzene ring substituents is 1. The molecule has 14 heteroatoms. The van der Waals surface area contributed by atoms with Crippen LogP contribution >= 0.6 is 57.5 Å². The van der Waals surface area contributed by atoms with E-state index in [4.69, 9.17) is 49.0 Å². The van der Waals surface area contributed by atoms with E-state index in [-0.39, 0.29) is 45.3 Å². The van der Waals surface area contributed by atoms with Crippen molar-refractivity contribution in [2.24, 2.45) is 4.99 Å². The lowest BCUT2D eigenvalue weighted by atomic mass is 10.1. The first-order valence-electron chi connectivity index (χ1n) is 12.4. The number of nitro benzene ring substituents is 1. The molecule has 0 radical (unpaired) electrons. The Balaban J connectivity index is 1.28. The number of halogens is 3. The number of esters is 2. The third-order valence-corrected chi connectivity index (χ3v) is 9.71. The maximum absolute atomic E-state index is 13.1. The molecule has 0 unspecified atom stereocenters. The molecule has 0 N–H and O–H groups in total. The molecule has 0 spiro atoms. The van der Waals surface area contributed by atoms with Crippen LogP contribution in [0.1, 0.15) is 27.0 Å². The van der Waals surface area contributed by atoms with Crippen LogP contribution in [-0.4, -0.2) is 29.4 Å². The van der Waals surface area contributed by atoms with Crippen LogP contribution in [0.2, 0.25) is 15.1 Å². The highest BCUT2D eigenvalue weighted by Crippen LogP contribution is 2.40. The molecule has 216 valence electrons.